The fourth-order valence-electron chi connectivity index (χ4n) is 3.28. The van der Waals surface area contributed by atoms with E-state index in [-0.39, 0.29) is 5.60 Å². The molecule has 0 atom stereocenters. The Labute approximate surface area is 112 Å². The van der Waals surface area contributed by atoms with Crippen LogP contribution in [0.25, 0.3) is 0 Å². The van der Waals surface area contributed by atoms with Crippen molar-refractivity contribution in [2.24, 2.45) is 11.7 Å². The highest BCUT2D eigenvalue weighted by atomic mass is 16.5. The monoisotopic (exact) mass is 254 g/mol. The van der Waals surface area contributed by atoms with E-state index in [1.54, 1.807) is 0 Å². The number of ether oxygens (including phenoxy) is 1. The van der Waals surface area contributed by atoms with E-state index in [1.165, 1.54) is 45.3 Å². The molecule has 2 aliphatic rings. The first kappa shape index (κ1) is 14.3. The smallest absolute Gasteiger partial charge is 0.0804 e. The summed E-state index contributed by atoms with van der Waals surface area (Å²) in [6, 6.07) is 0. The van der Waals surface area contributed by atoms with Gasteiger partial charge in [-0.1, -0.05) is 6.92 Å². The summed E-state index contributed by atoms with van der Waals surface area (Å²) in [5, 5.41) is 0. The summed E-state index contributed by atoms with van der Waals surface area (Å²) < 4.78 is 6.18. The Hall–Kier alpha value is -0.120. The molecule has 0 radical (unpaired) electrons. The molecule has 0 amide bonds. The minimum absolute atomic E-state index is 0.0114. The Morgan fingerprint density at radius 2 is 1.89 bits per heavy atom. The van der Waals surface area contributed by atoms with Gasteiger partial charge >= 0.3 is 0 Å². The van der Waals surface area contributed by atoms with E-state index >= 15 is 0 Å². The maximum absolute atomic E-state index is 6.18. The molecule has 2 N–H and O–H groups in total. The van der Waals surface area contributed by atoms with Gasteiger partial charge in [0.25, 0.3) is 0 Å². The molecule has 1 saturated carbocycles. The van der Waals surface area contributed by atoms with Gasteiger partial charge < -0.3 is 15.4 Å². The molecule has 2 rings (SSSR count). The molecule has 1 saturated heterocycles. The Bertz CT molecular complexity index is 231. The van der Waals surface area contributed by atoms with E-state index in [1.807, 2.05) is 0 Å². The number of likely N-dealkylation sites (tertiary alicyclic amines) is 1. The molecule has 1 heterocycles. The third kappa shape index (κ3) is 3.94. The van der Waals surface area contributed by atoms with Crippen LogP contribution < -0.4 is 5.73 Å². The van der Waals surface area contributed by atoms with Gasteiger partial charge in [-0.25, -0.2) is 0 Å². The first-order valence-corrected chi connectivity index (χ1v) is 7.80. The summed E-state index contributed by atoms with van der Waals surface area (Å²) in [5.41, 5.74) is 5.96. The molecule has 18 heavy (non-hydrogen) atoms. The molecule has 1 aliphatic heterocycles. The van der Waals surface area contributed by atoms with Crippen molar-refractivity contribution in [3.8, 4) is 0 Å². The Morgan fingerprint density at radius 3 is 2.50 bits per heavy atom. The summed E-state index contributed by atoms with van der Waals surface area (Å²) in [7, 11) is 0. The molecule has 106 valence electrons. The highest BCUT2D eigenvalue weighted by Crippen LogP contribution is 2.34. The van der Waals surface area contributed by atoms with Gasteiger partial charge in [-0.2, -0.15) is 0 Å². The molecule has 0 bridgehead atoms. The first-order valence-electron chi connectivity index (χ1n) is 7.80. The Kier molecular flexibility index (Phi) is 5.46. The lowest BCUT2D eigenvalue weighted by Crippen LogP contribution is -2.44. The zero-order valence-corrected chi connectivity index (χ0v) is 12.0. The summed E-state index contributed by atoms with van der Waals surface area (Å²) in [4.78, 5) is 2.56. The predicted molar refractivity (Wildman–Crippen MR) is 75.7 cm³/mol. The van der Waals surface area contributed by atoms with Crippen molar-refractivity contribution >= 4 is 0 Å². The first-order chi connectivity index (χ1) is 8.74. The molecule has 0 aromatic heterocycles. The fourth-order valence-corrected chi connectivity index (χ4v) is 3.28. The molecule has 0 aromatic rings. The van der Waals surface area contributed by atoms with Gasteiger partial charge in [-0.05, 0) is 64.0 Å². The summed E-state index contributed by atoms with van der Waals surface area (Å²) in [6.07, 6.45) is 8.81. The number of hydrogen-bond donors (Lipinski definition) is 1. The summed E-state index contributed by atoms with van der Waals surface area (Å²) >= 11 is 0. The lowest BCUT2D eigenvalue weighted by atomic mass is 9.79. The van der Waals surface area contributed by atoms with Gasteiger partial charge in [0.1, 0.15) is 0 Å². The highest BCUT2D eigenvalue weighted by Gasteiger charge is 2.33. The van der Waals surface area contributed by atoms with Crippen LogP contribution in [0.5, 0.6) is 0 Å². The van der Waals surface area contributed by atoms with Crippen LogP contribution in [0, 0.1) is 5.92 Å². The van der Waals surface area contributed by atoms with Crippen LogP contribution in [0.3, 0.4) is 0 Å². The maximum atomic E-state index is 6.18. The van der Waals surface area contributed by atoms with Crippen LogP contribution in [0.2, 0.25) is 0 Å². The van der Waals surface area contributed by atoms with Crippen LogP contribution in [-0.4, -0.2) is 43.3 Å². The van der Waals surface area contributed by atoms with Gasteiger partial charge in [0.15, 0.2) is 0 Å². The van der Waals surface area contributed by atoms with Gasteiger partial charge in [0.05, 0.1) is 5.60 Å². The quantitative estimate of drug-likeness (QED) is 0.740. The van der Waals surface area contributed by atoms with Crippen molar-refractivity contribution in [2.45, 2.75) is 57.5 Å². The van der Waals surface area contributed by atoms with Crippen molar-refractivity contribution in [1.29, 1.82) is 0 Å². The van der Waals surface area contributed by atoms with Crippen molar-refractivity contribution in [1.82, 2.24) is 4.90 Å². The van der Waals surface area contributed by atoms with Crippen molar-refractivity contribution in [2.75, 3.05) is 32.8 Å². The van der Waals surface area contributed by atoms with E-state index in [2.05, 4.69) is 11.8 Å². The van der Waals surface area contributed by atoms with Crippen LogP contribution in [0.1, 0.15) is 51.9 Å². The fraction of sp³-hybridized carbons (Fsp3) is 1.00. The van der Waals surface area contributed by atoms with Crippen LogP contribution in [0.15, 0.2) is 0 Å². The largest absolute Gasteiger partial charge is 0.374 e. The predicted octanol–water partition coefficient (Wildman–Crippen LogP) is 2.40. The third-order valence-corrected chi connectivity index (χ3v) is 4.78. The van der Waals surface area contributed by atoms with E-state index in [4.69, 9.17) is 10.5 Å². The Balaban J connectivity index is 1.64. The summed E-state index contributed by atoms with van der Waals surface area (Å²) in [5.74, 6) is 0.859. The van der Waals surface area contributed by atoms with E-state index in [9.17, 15) is 0 Å². The number of nitrogens with zero attached hydrogens (tertiary/aromatic N) is 1. The van der Waals surface area contributed by atoms with Gasteiger partial charge in [-0.15, -0.1) is 0 Å². The van der Waals surface area contributed by atoms with Crippen molar-refractivity contribution in [3.63, 3.8) is 0 Å². The average molecular weight is 254 g/mol. The lowest BCUT2D eigenvalue weighted by Gasteiger charge is -2.38. The molecule has 0 aromatic carbocycles. The third-order valence-electron chi connectivity index (χ3n) is 4.78. The normalized spacial score (nSPS) is 34.0. The average Bonchev–Trinajstić information content (AvgIpc) is 2.90. The molecule has 2 fully saturated rings. The topological polar surface area (TPSA) is 38.5 Å². The Morgan fingerprint density at radius 1 is 1.22 bits per heavy atom. The molecule has 0 spiro atoms. The van der Waals surface area contributed by atoms with Gasteiger partial charge in [-0.3, -0.25) is 0 Å². The van der Waals surface area contributed by atoms with E-state index in [0.29, 0.717) is 6.54 Å². The molecule has 0 unspecified atom stereocenters. The molecule has 3 nitrogen and oxygen atoms in total. The van der Waals surface area contributed by atoms with Crippen molar-refractivity contribution in [3.05, 3.63) is 0 Å². The van der Waals surface area contributed by atoms with Crippen LogP contribution in [-0.2, 0) is 4.74 Å². The number of hydrogen-bond acceptors (Lipinski definition) is 3. The maximum Gasteiger partial charge on any atom is 0.0804 e. The second kappa shape index (κ2) is 6.88. The van der Waals surface area contributed by atoms with Crippen molar-refractivity contribution < 1.29 is 4.74 Å². The second-order valence-corrected chi connectivity index (χ2v) is 6.32. The lowest BCUT2D eigenvalue weighted by molar-refractivity contribution is -0.0719. The highest BCUT2D eigenvalue weighted by molar-refractivity contribution is 4.87. The zero-order valence-electron chi connectivity index (χ0n) is 12.0. The zero-order chi connectivity index (χ0) is 12.8. The molecular formula is C15H30N2O. The van der Waals surface area contributed by atoms with Crippen LogP contribution in [0.4, 0.5) is 0 Å². The minimum Gasteiger partial charge on any atom is -0.374 e. The van der Waals surface area contributed by atoms with Crippen LogP contribution >= 0.6 is 0 Å². The number of nitrogens with two attached hydrogens (primary N) is 1. The second-order valence-electron chi connectivity index (χ2n) is 6.32. The van der Waals surface area contributed by atoms with Gasteiger partial charge in [0, 0.05) is 19.7 Å². The molecular weight excluding hydrogens is 224 g/mol. The summed E-state index contributed by atoms with van der Waals surface area (Å²) in [6.45, 7) is 7.72. The molecule has 3 heteroatoms. The van der Waals surface area contributed by atoms with E-state index in [0.717, 1.165) is 31.8 Å². The molecule has 1 aliphatic carbocycles. The standard InChI is InChI=1S/C15H30N2O/c1-14-5-7-15(13-16,8-6-14)18-12-4-11-17-9-2-3-10-17/h14H,2-13,16H2,1H3. The number of rotatable bonds is 6. The van der Waals surface area contributed by atoms with E-state index < -0.39 is 0 Å². The SMILES string of the molecule is CC1CCC(CN)(OCCCN2CCCC2)CC1. The van der Waals surface area contributed by atoms with Gasteiger partial charge in [0.2, 0.25) is 0 Å². The minimum atomic E-state index is 0.0114.